The number of carboxylic acid groups (broad SMARTS) is 1. The van der Waals surface area contributed by atoms with Crippen molar-refractivity contribution in [1.82, 2.24) is 9.88 Å². The Hall–Kier alpha value is -1.24. The second-order valence-corrected chi connectivity index (χ2v) is 7.49. The zero-order valence-electron chi connectivity index (χ0n) is 11.5. The van der Waals surface area contributed by atoms with Gasteiger partial charge in [0.15, 0.2) is 0 Å². The summed E-state index contributed by atoms with van der Waals surface area (Å²) < 4.78 is 0. The molecule has 110 valence electrons. The van der Waals surface area contributed by atoms with Crippen LogP contribution >= 0.6 is 22.7 Å². The minimum absolute atomic E-state index is 0.346. The molecule has 21 heavy (non-hydrogen) atoms. The van der Waals surface area contributed by atoms with E-state index >= 15 is 0 Å². The number of hydrogen-bond acceptors (Lipinski definition) is 5. The monoisotopic (exact) mass is 320 g/mol. The average Bonchev–Trinajstić information content (AvgIpc) is 2.84. The van der Waals surface area contributed by atoms with Crippen molar-refractivity contribution in [1.29, 1.82) is 0 Å². The van der Waals surface area contributed by atoms with Crippen LogP contribution in [0.4, 0.5) is 0 Å². The minimum Gasteiger partial charge on any atom is -0.480 e. The van der Waals surface area contributed by atoms with Crippen LogP contribution in [0.1, 0.15) is 25.0 Å². The standard InChI is InChI=1S/C15H16N2O2S2/c18-14(19)15-6-11(15)2-1-4-17(15)7-12-9-21-13(16-12)10-3-5-20-8-10/h3,5,8-9,11H,1-2,4,6-7H2,(H,18,19)/t11-,15+/m1/s1. The molecule has 0 aromatic carbocycles. The molecule has 2 aromatic rings. The first kappa shape index (κ1) is 13.4. The molecular formula is C15H16N2O2S2. The molecule has 1 N–H and O–H groups in total. The Morgan fingerprint density at radius 2 is 2.43 bits per heavy atom. The van der Waals surface area contributed by atoms with Crippen LogP contribution in [0.15, 0.2) is 22.2 Å². The molecule has 3 heterocycles. The van der Waals surface area contributed by atoms with Gasteiger partial charge in [-0.2, -0.15) is 11.3 Å². The van der Waals surface area contributed by atoms with Crippen LogP contribution in [0.25, 0.3) is 10.6 Å². The van der Waals surface area contributed by atoms with Gasteiger partial charge >= 0.3 is 5.97 Å². The predicted molar refractivity (Wildman–Crippen MR) is 83.5 cm³/mol. The maximum absolute atomic E-state index is 11.7. The maximum Gasteiger partial charge on any atom is 0.324 e. The van der Waals surface area contributed by atoms with Crippen molar-refractivity contribution in [3.8, 4) is 10.6 Å². The van der Waals surface area contributed by atoms with Gasteiger partial charge in [0.05, 0.1) is 5.69 Å². The third-order valence-electron chi connectivity index (χ3n) is 4.66. The lowest BCUT2D eigenvalue weighted by Gasteiger charge is -2.32. The fraction of sp³-hybridized carbons (Fsp3) is 0.467. The van der Waals surface area contributed by atoms with Gasteiger partial charge in [-0.05, 0) is 43.2 Å². The lowest BCUT2D eigenvalue weighted by molar-refractivity contribution is -0.147. The van der Waals surface area contributed by atoms with E-state index in [1.165, 1.54) is 0 Å². The number of piperidine rings is 1. The summed E-state index contributed by atoms with van der Waals surface area (Å²) in [5.74, 6) is -0.306. The van der Waals surface area contributed by atoms with E-state index in [-0.39, 0.29) is 0 Å². The molecule has 6 heteroatoms. The number of rotatable bonds is 4. The average molecular weight is 320 g/mol. The summed E-state index contributed by atoms with van der Waals surface area (Å²) in [5.41, 5.74) is 1.56. The molecule has 2 atom stereocenters. The molecule has 1 aliphatic heterocycles. The zero-order valence-corrected chi connectivity index (χ0v) is 13.1. The second-order valence-electron chi connectivity index (χ2n) is 5.85. The van der Waals surface area contributed by atoms with Crippen LogP contribution in [0.5, 0.6) is 0 Å². The number of fused-ring (bicyclic) bond motifs is 1. The SMILES string of the molecule is O=C(O)[C@]12C[C@H]1CCCN2Cc1csc(-c2ccsc2)n1. The van der Waals surface area contributed by atoms with Crippen LogP contribution in [0.2, 0.25) is 0 Å². The van der Waals surface area contributed by atoms with E-state index in [4.69, 9.17) is 0 Å². The molecule has 0 unspecified atom stereocenters. The highest BCUT2D eigenvalue weighted by atomic mass is 32.1. The molecule has 0 amide bonds. The highest BCUT2D eigenvalue weighted by molar-refractivity contribution is 7.14. The number of aliphatic carboxylic acids is 1. The smallest absolute Gasteiger partial charge is 0.324 e. The topological polar surface area (TPSA) is 53.4 Å². The Morgan fingerprint density at radius 1 is 1.52 bits per heavy atom. The quantitative estimate of drug-likeness (QED) is 0.939. The molecular weight excluding hydrogens is 304 g/mol. The van der Waals surface area contributed by atoms with Gasteiger partial charge in [-0.1, -0.05) is 0 Å². The van der Waals surface area contributed by atoms with Crippen molar-refractivity contribution in [2.45, 2.75) is 31.3 Å². The fourth-order valence-corrected chi connectivity index (χ4v) is 5.01. The summed E-state index contributed by atoms with van der Waals surface area (Å²) in [7, 11) is 0. The van der Waals surface area contributed by atoms with Crippen molar-refractivity contribution in [2.24, 2.45) is 5.92 Å². The Bertz CT molecular complexity index is 667. The first-order chi connectivity index (χ1) is 10.2. The van der Waals surface area contributed by atoms with E-state index in [1.54, 1.807) is 22.7 Å². The molecule has 4 rings (SSSR count). The summed E-state index contributed by atoms with van der Waals surface area (Å²) in [6, 6.07) is 2.07. The molecule has 2 aliphatic rings. The van der Waals surface area contributed by atoms with Gasteiger partial charge in [0, 0.05) is 22.9 Å². The van der Waals surface area contributed by atoms with Gasteiger partial charge in [0.25, 0.3) is 0 Å². The third kappa shape index (κ3) is 2.13. The molecule has 2 fully saturated rings. The summed E-state index contributed by atoms with van der Waals surface area (Å²) in [6.07, 6.45) is 2.96. The van der Waals surface area contributed by atoms with Crippen LogP contribution in [0.3, 0.4) is 0 Å². The number of carbonyl (C=O) groups is 1. The number of aromatic nitrogens is 1. The van der Waals surface area contributed by atoms with Crippen molar-refractivity contribution in [3.63, 3.8) is 0 Å². The Labute approximate surface area is 131 Å². The molecule has 1 saturated carbocycles. The molecule has 2 aromatic heterocycles. The second kappa shape index (κ2) is 4.90. The van der Waals surface area contributed by atoms with Crippen LogP contribution in [-0.2, 0) is 11.3 Å². The Balaban J connectivity index is 1.54. The van der Waals surface area contributed by atoms with E-state index < -0.39 is 11.5 Å². The van der Waals surface area contributed by atoms with Gasteiger partial charge < -0.3 is 5.11 Å². The number of thiophene rings is 1. The van der Waals surface area contributed by atoms with E-state index in [2.05, 4.69) is 32.1 Å². The lowest BCUT2D eigenvalue weighted by Crippen LogP contribution is -2.47. The van der Waals surface area contributed by atoms with Gasteiger partial charge in [-0.3, -0.25) is 9.69 Å². The number of thiazole rings is 1. The van der Waals surface area contributed by atoms with E-state index in [9.17, 15) is 9.90 Å². The van der Waals surface area contributed by atoms with Crippen molar-refractivity contribution < 1.29 is 9.90 Å². The number of hydrogen-bond donors (Lipinski definition) is 1. The van der Waals surface area contributed by atoms with E-state index in [1.807, 2.05) is 0 Å². The first-order valence-corrected chi connectivity index (χ1v) is 8.98. The number of carboxylic acids is 1. The molecule has 0 radical (unpaired) electrons. The molecule has 4 nitrogen and oxygen atoms in total. The summed E-state index contributed by atoms with van der Waals surface area (Å²) in [6.45, 7) is 1.53. The minimum atomic E-state index is -0.652. The van der Waals surface area contributed by atoms with Crippen LogP contribution in [-0.4, -0.2) is 33.0 Å². The molecule has 1 saturated heterocycles. The van der Waals surface area contributed by atoms with Crippen LogP contribution in [0, 0.1) is 5.92 Å². The highest BCUT2D eigenvalue weighted by Crippen LogP contribution is 2.54. The third-order valence-corrected chi connectivity index (χ3v) is 6.28. The lowest BCUT2D eigenvalue weighted by atomic mass is 10.0. The summed E-state index contributed by atoms with van der Waals surface area (Å²) in [4.78, 5) is 18.5. The molecule has 0 bridgehead atoms. The summed E-state index contributed by atoms with van der Waals surface area (Å²) in [5, 5.41) is 16.8. The van der Waals surface area contributed by atoms with Crippen LogP contribution < -0.4 is 0 Å². The van der Waals surface area contributed by atoms with Gasteiger partial charge in [-0.15, -0.1) is 11.3 Å². The highest BCUT2D eigenvalue weighted by Gasteiger charge is 2.65. The zero-order chi connectivity index (χ0) is 14.4. The number of nitrogens with zero attached hydrogens (tertiary/aromatic N) is 2. The molecule has 0 spiro atoms. The van der Waals surface area contributed by atoms with Gasteiger partial charge in [0.1, 0.15) is 10.5 Å². The predicted octanol–water partition coefficient (Wildman–Crippen LogP) is 3.31. The normalized spacial score (nSPS) is 28.3. The Kier molecular flexibility index (Phi) is 3.13. The Morgan fingerprint density at radius 3 is 3.19 bits per heavy atom. The van der Waals surface area contributed by atoms with Gasteiger partial charge in [0.2, 0.25) is 0 Å². The fourth-order valence-electron chi connectivity index (χ4n) is 3.48. The van der Waals surface area contributed by atoms with Crippen molar-refractivity contribution in [2.75, 3.05) is 6.54 Å². The number of likely N-dealkylation sites (tertiary alicyclic amines) is 1. The first-order valence-electron chi connectivity index (χ1n) is 7.15. The van der Waals surface area contributed by atoms with E-state index in [0.717, 1.165) is 42.1 Å². The van der Waals surface area contributed by atoms with Crippen molar-refractivity contribution >= 4 is 28.6 Å². The largest absolute Gasteiger partial charge is 0.480 e. The summed E-state index contributed by atoms with van der Waals surface area (Å²) >= 11 is 3.31. The maximum atomic E-state index is 11.7. The van der Waals surface area contributed by atoms with Gasteiger partial charge in [-0.25, -0.2) is 4.98 Å². The van der Waals surface area contributed by atoms with Crippen molar-refractivity contribution in [3.05, 3.63) is 27.9 Å². The van der Waals surface area contributed by atoms with E-state index in [0.29, 0.717) is 12.5 Å². The molecule has 1 aliphatic carbocycles.